The van der Waals surface area contributed by atoms with Crippen LogP contribution >= 0.6 is 0 Å². The zero-order chi connectivity index (χ0) is 12.9. The van der Waals surface area contributed by atoms with Crippen molar-refractivity contribution in [2.45, 2.75) is 45.1 Å². The van der Waals surface area contributed by atoms with Crippen molar-refractivity contribution in [1.82, 2.24) is 10.6 Å². The maximum Gasteiger partial charge on any atom is 0.240 e. The van der Waals surface area contributed by atoms with Crippen molar-refractivity contribution in [2.75, 3.05) is 13.1 Å². The lowest BCUT2D eigenvalue weighted by atomic mass is 9.98. The lowest BCUT2D eigenvalue weighted by Gasteiger charge is -2.22. The Bertz CT molecular complexity index is 283. The predicted molar refractivity (Wildman–Crippen MR) is 66.2 cm³/mol. The van der Waals surface area contributed by atoms with Crippen molar-refractivity contribution in [3.8, 4) is 0 Å². The van der Waals surface area contributed by atoms with Crippen LogP contribution in [0.5, 0.6) is 0 Å². The minimum Gasteiger partial charge on any atom is -0.354 e. The molecule has 0 bridgehead atoms. The lowest BCUT2D eigenvalue weighted by molar-refractivity contribution is -0.127. The highest BCUT2D eigenvalue weighted by molar-refractivity contribution is 5.86. The Hall–Kier alpha value is -1.10. The molecule has 0 aromatic heterocycles. The number of nitrogens with one attached hydrogen (secondary N) is 2. The van der Waals surface area contributed by atoms with E-state index in [1.807, 2.05) is 13.8 Å². The van der Waals surface area contributed by atoms with Gasteiger partial charge in [-0.2, -0.15) is 0 Å². The first-order chi connectivity index (χ1) is 7.96. The summed E-state index contributed by atoms with van der Waals surface area (Å²) in [5, 5.41) is 5.53. The second-order valence-corrected chi connectivity index (χ2v) is 5.06. The van der Waals surface area contributed by atoms with Gasteiger partial charge in [0, 0.05) is 19.0 Å². The third-order valence-corrected chi connectivity index (χ3v) is 3.18. The highest BCUT2D eigenvalue weighted by Crippen LogP contribution is 2.26. The van der Waals surface area contributed by atoms with Crippen LogP contribution in [0.2, 0.25) is 0 Å². The molecule has 2 amide bonds. The Balaban J connectivity index is 2.18. The van der Waals surface area contributed by atoms with Gasteiger partial charge >= 0.3 is 0 Å². The molecule has 0 atom stereocenters. The molecule has 1 fully saturated rings. The van der Waals surface area contributed by atoms with E-state index in [-0.39, 0.29) is 17.7 Å². The van der Waals surface area contributed by atoms with Gasteiger partial charge in [-0.1, -0.05) is 26.7 Å². The van der Waals surface area contributed by atoms with Crippen molar-refractivity contribution < 1.29 is 9.59 Å². The minimum atomic E-state index is -0.679. The van der Waals surface area contributed by atoms with Crippen LogP contribution < -0.4 is 16.4 Å². The molecule has 0 aromatic carbocycles. The van der Waals surface area contributed by atoms with E-state index in [1.54, 1.807) is 0 Å². The molecule has 1 aliphatic carbocycles. The molecule has 0 aliphatic heterocycles. The molecule has 0 aromatic rings. The van der Waals surface area contributed by atoms with Gasteiger partial charge in [0.2, 0.25) is 11.8 Å². The summed E-state index contributed by atoms with van der Waals surface area (Å²) in [6, 6.07) is 0. The largest absolute Gasteiger partial charge is 0.354 e. The zero-order valence-corrected chi connectivity index (χ0v) is 10.7. The molecule has 0 heterocycles. The fourth-order valence-electron chi connectivity index (χ4n) is 1.97. The third-order valence-electron chi connectivity index (χ3n) is 3.18. The second-order valence-electron chi connectivity index (χ2n) is 5.06. The van der Waals surface area contributed by atoms with Crippen LogP contribution in [0.1, 0.15) is 39.5 Å². The fraction of sp³-hybridized carbons (Fsp3) is 0.833. The van der Waals surface area contributed by atoms with Crippen molar-refractivity contribution in [1.29, 1.82) is 0 Å². The van der Waals surface area contributed by atoms with Crippen LogP contribution in [-0.4, -0.2) is 30.4 Å². The fourth-order valence-corrected chi connectivity index (χ4v) is 1.97. The maximum atomic E-state index is 11.8. The van der Waals surface area contributed by atoms with Crippen molar-refractivity contribution in [2.24, 2.45) is 11.7 Å². The molecular formula is C12H23N3O2. The Kier molecular flexibility index (Phi) is 4.93. The van der Waals surface area contributed by atoms with Crippen molar-refractivity contribution in [3.05, 3.63) is 0 Å². The molecule has 0 spiro atoms. The zero-order valence-electron chi connectivity index (χ0n) is 10.7. The van der Waals surface area contributed by atoms with Crippen LogP contribution in [-0.2, 0) is 9.59 Å². The smallest absolute Gasteiger partial charge is 0.240 e. The monoisotopic (exact) mass is 241 g/mol. The van der Waals surface area contributed by atoms with E-state index in [1.165, 1.54) is 0 Å². The van der Waals surface area contributed by atoms with Crippen LogP contribution in [0.15, 0.2) is 0 Å². The number of carbonyl (C=O) groups excluding carboxylic acids is 2. The Morgan fingerprint density at radius 2 is 1.71 bits per heavy atom. The number of carbonyl (C=O) groups is 2. The Labute approximate surface area is 103 Å². The van der Waals surface area contributed by atoms with E-state index >= 15 is 0 Å². The summed E-state index contributed by atoms with van der Waals surface area (Å²) < 4.78 is 0. The van der Waals surface area contributed by atoms with Gasteiger partial charge in [0.25, 0.3) is 0 Å². The number of nitrogens with two attached hydrogens (primary N) is 1. The molecule has 0 saturated heterocycles. The van der Waals surface area contributed by atoms with Crippen LogP contribution in [0.25, 0.3) is 0 Å². The van der Waals surface area contributed by atoms with E-state index in [0.29, 0.717) is 13.1 Å². The molecule has 17 heavy (non-hydrogen) atoms. The van der Waals surface area contributed by atoms with E-state index < -0.39 is 5.54 Å². The molecule has 0 unspecified atom stereocenters. The average molecular weight is 241 g/mol. The van der Waals surface area contributed by atoms with Crippen LogP contribution in [0.4, 0.5) is 0 Å². The summed E-state index contributed by atoms with van der Waals surface area (Å²) in [5.41, 5.74) is 5.31. The van der Waals surface area contributed by atoms with Crippen molar-refractivity contribution >= 4 is 11.8 Å². The van der Waals surface area contributed by atoms with E-state index in [4.69, 9.17) is 5.73 Å². The predicted octanol–water partition coefficient (Wildman–Crippen LogP) is 0.146. The van der Waals surface area contributed by atoms with Gasteiger partial charge in [-0.05, 0) is 12.8 Å². The maximum absolute atomic E-state index is 11.8. The summed E-state index contributed by atoms with van der Waals surface area (Å²) in [6.07, 6.45) is 3.57. The molecule has 5 heteroatoms. The van der Waals surface area contributed by atoms with E-state index in [9.17, 15) is 9.59 Å². The number of hydrogen-bond acceptors (Lipinski definition) is 3. The van der Waals surface area contributed by atoms with Gasteiger partial charge in [-0.15, -0.1) is 0 Å². The molecule has 1 saturated carbocycles. The third kappa shape index (κ3) is 4.00. The van der Waals surface area contributed by atoms with Crippen LogP contribution in [0, 0.1) is 5.92 Å². The highest BCUT2D eigenvalue weighted by Gasteiger charge is 2.36. The second kappa shape index (κ2) is 6.00. The van der Waals surface area contributed by atoms with Gasteiger partial charge in [-0.3, -0.25) is 9.59 Å². The quantitative estimate of drug-likeness (QED) is 0.599. The summed E-state index contributed by atoms with van der Waals surface area (Å²) in [6.45, 7) is 4.57. The summed E-state index contributed by atoms with van der Waals surface area (Å²) in [5.74, 6) is -0.113. The summed E-state index contributed by atoms with van der Waals surface area (Å²) in [4.78, 5) is 23.1. The summed E-state index contributed by atoms with van der Waals surface area (Å²) >= 11 is 0. The molecule has 1 rings (SSSR count). The van der Waals surface area contributed by atoms with Gasteiger partial charge in [0.15, 0.2) is 0 Å². The highest BCUT2D eigenvalue weighted by atomic mass is 16.2. The molecule has 98 valence electrons. The normalized spacial score (nSPS) is 18.1. The van der Waals surface area contributed by atoms with Crippen molar-refractivity contribution in [3.63, 3.8) is 0 Å². The number of amides is 2. The number of hydrogen-bond donors (Lipinski definition) is 3. The topological polar surface area (TPSA) is 84.2 Å². The lowest BCUT2D eigenvalue weighted by Crippen LogP contribution is -2.53. The first kappa shape index (κ1) is 14.0. The van der Waals surface area contributed by atoms with Gasteiger partial charge in [0.1, 0.15) is 0 Å². The minimum absolute atomic E-state index is 0.00239. The standard InChI is InChI=1S/C12H23N3O2/c1-9(2)10(16)14-7-8-15-11(17)12(13)5-3-4-6-12/h9H,3-8,13H2,1-2H3,(H,14,16)(H,15,17). The molecular weight excluding hydrogens is 218 g/mol. The first-order valence-electron chi connectivity index (χ1n) is 6.30. The molecule has 1 aliphatic rings. The average Bonchev–Trinajstić information content (AvgIpc) is 2.72. The van der Waals surface area contributed by atoms with Gasteiger partial charge < -0.3 is 16.4 Å². The molecule has 5 nitrogen and oxygen atoms in total. The molecule has 4 N–H and O–H groups in total. The first-order valence-corrected chi connectivity index (χ1v) is 6.30. The summed E-state index contributed by atoms with van der Waals surface area (Å²) in [7, 11) is 0. The SMILES string of the molecule is CC(C)C(=O)NCCNC(=O)C1(N)CCCC1. The van der Waals surface area contributed by atoms with E-state index in [2.05, 4.69) is 10.6 Å². The van der Waals surface area contributed by atoms with E-state index in [0.717, 1.165) is 25.7 Å². The Morgan fingerprint density at radius 3 is 2.24 bits per heavy atom. The number of rotatable bonds is 5. The Morgan fingerprint density at radius 1 is 1.18 bits per heavy atom. The van der Waals surface area contributed by atoms with Gasteiger partial charge in [-0.25, -0.2) is 0 Å². The van der Waals surface area contributed by atoms with Crippen LogP contribution in [0.3, 0.4) is 0 Å². The van der Waals surface area contributed by atoms with Gasteiger partial charge in [0.05, 0.1) is 5.54 Å². The molecule has 0 radical (unpaired) electrons.